The van der Waals surface area contributed by atoms with Crippen molar-refractivity contribution in [2.24, 2.45) is 0 Å². The Kier molecular flexibility index (Phi) is 35.8. The first kappa shape index (κ1) is 61.5. The van der Waals surface area contributed by atoms with Gasteiger partial charge < -0.3 is 38.6 Å². The minimum atomic E-state index is -1.13. The van der Waals surface area contributed by atoms with E-state index < -0.39 is 36.1 Å². The lowest BCUT2D eigenvalue weighted by atomic mass is 9.99. The predicted octanol–water partition coefficient (Wildman–Crippen LogP) is 17.7. The standard InChI is InChI=1S/C62H106O8S/c1-4-7-10-13-16-19-22-25-28-31-34-40-45-65-54-48-52(51-71-62-58(64)57(63)60-56(69-62)50-68-61(70-60)53-43-38-37-39-44-53)49-55(66-46-41-35-32-29-26-23-20-17-14-11-8-5-2)59(54)67-47-42-36-33-30-27-24-21-18-15-12-9-6-3/h37-39,43-44,48-49,56-58,60-64H,4-36,40-42,45-47,50-51H2,1-3H3/t56-,57-,58-,60-,61-,62+/m1/s1. The minimum absolute atomic E-state index is 0.268. The lowest BCUT2D eigenvalue weighted by Gasteiger charge is -2.46. The number of aliphatic hydroxyl groups is 2. The predicted molar refractivity (Wildman–Crippen MR) is 298 cm³/mol. The van der Waals surface area contributed by atoms with E-state index in [1.54, 1.807) is 0 Å². The lowest BCUT2D eigenvalue weighted by Crippen LogP contribution is -2.60. The van der Waals surface area contributed by atoms with Crippen LogP contribution in [0.3, 0.4) is 0 Å². The van der Waals surface area contributed by atoms with E-state index in [4.69, 9.17) is 28.4 Å². The third-order valence-electron chi connectivity index (χ3n) is 14.7. The molecule has 0 amide bonds. The normalized spacial score (nSPS) is 20.0. The Morgan fingerprint density at radius 1 is 0.465 bits per heavy atom. The largest absolute Gasteiger partial charge is 0.490 e. The molecule has 2 aromatic rings. The first-order valence-corrected chi connectivity index (χ1v) is 31.1. The van der Waals surface area contributed by atoms with E-state index in [1.807, 2.05) is 30.3 Å². The zero-order chi connectivity index (χ0) is 50.2. The van der Waals surface area contributed by atoms with E-state index in [0.29, 0.717) is 25.6 Å². The second kappa shape index (κ2) is 41.3. The number of benzene rings is 2. The molecule has 408 valence electrons. The first-order chi connectivity index (χ1) is 35.0. The Hall–Kier alpha value is -2.01. The zero-order valence-electron chi connectivity index (χ0n) is 45.7. The van der Waals surface area contributed by atoms with Crippen LogP contribution in [-0.4, -0.2) is 66.5 Å². The molecule has 2 fully saturated rings. The van der Waals surface area contributed by atoms with Gasteiger partial charge in [-0.05, 0) is 37.0 Å². The van der Waals surface area contributed by atoms with Crippen LogP contribution in [0.15, 0.2) is 42.5 Å². The molecule has 2 aliphatic rings. The summed E-state index contributed by atoms with van der Waals surface area (Å²) in [5.41, 5.74) is 1.22. The summed E-state index contributed by atoms with van der Waals surface area (Å²) in [5.74, 6) is 2.72. The van der Waals surface area contributed by atoms with Crippen LogP contribution in [0.4, 0.5) is 0 Å². The summed E-state index contributed by atoms with van der Waals surface area (Å²) in [6.07, 6.45) is 42.8. The Bertz CT molecular complexity index is 1480. The number of hydrogen-bond donors (Lipinski definition) is 2. The van der Waals surface area contributed by atoms with Gasteiger partial charge in [0.1, 0.15) is 29.9 Å². The number of hydrogen-bond acceptors (Lipinski definition) is 9. The average Bonchev–Trinajstić information content (AvgIpc) is 3.39. The monoisotopic (exact) mass is 1010 g/mol. The second-order valence-electron chi connectivity index (χ2n) is 21.1. The molecule has 0 bridgehead atoms. The molecule has 2 N–H and O–H groups in total. The summed E-state index contributed by atoms with van der Waals surface area (Å²) in [7, 11) is 0. The van der Waals surface area contributed by atoms with Gasteiger partial charge in [-0.2, -0.15) is 0 Å². The highest BCUT2D eigenvalue weighted by Gasteiger charge is 2.49. The number of rotatable bonds is 46. The van der Waals surface area contributed by atoms with Crippen LogP contribution in [0, 0.1) is 0 Å². The van der Waals surface area contributed by atoms with Gasteiger partial charge in [-0.1, -0.05) is 263 Å². The maximum Gasteiger partial charge on any atom is 0.203 e. The second-order valence-corrected chi connectivity index (χ2v) is 22.2. The Balaban J connectivity index is 1.35. The van der Waals surface area contributed by atoms with Crippen molar-refractivity contribution in [1.82, 2.24) is 0 Å². The molecular formula is C62H106O8S. The van der Waals surface area contributed by atoms with Crippen LogP contribution in [0.1, 0.15) is 269 Å². The highest BCUT2D eigenvalue weighted by molar-refractivity contribution is 7.99. The fraction of sp³-hybridized carbons (Fsp3) is 0.806. The summed E-state index contributed by atoms with van der Waals surface area (Å²) < 4.78 is 38.7. The molecular weight excluding hydrogens is 905 g/mol. The van der Waals surface area contributed by atoms with Gasteiger partial charge in [0.2, 0.25) is 5.75 Å². The molecule has 0 aromatic heterocycles. The Morgan fingerprint density at radius 2 is 0.845 bits per heavy atom. The molecule has 0 radical (unpaired) electrons. The average molecular weight is 1010 g/mol. The van der Waals surface area contributed by atoms with Gasteiger partial charge >= 0.3 is 0 Å². The fourth-order valence-electron chi connectivity index (χ4n) is 10.1. The number of thioether (sulfide) groups is 1. The Morgan fingerprint density at radius 3 is 1.25 bits per heavy atom. The van der Waals surface area contributed by atoms with Crippen LogP contribution in [0.5, 0.6) is 17.2 Å². The summed E-state index contributed by atoms with van der Waals surface area (Å²) >= 11 is 1.48. The fourth-order valence-corrected chi connectivity index (χ4v) is 11.2. The smallest absolute Gasteiger partial charge is 0.203 e. The molecule has 4 rings (SSSR count). The van der Waals surface area contributed by atoms with Gasteiger partial charge in [-0.3, -0.25) is 0 Å². The molecule has 2 saturated heterocycles. The topological polar surface area (TPSA) is 95.8 Å². The van der Waals surface area contributed by atoms with Crippen molar-refractivity contribution in [2.45, 2.75) is 294 Å². The van der Waals surface area contributed by atoms with Gasteiger partial charge in [-0.15, -0.1) is 11.8 Å². The highest BCUT2D eigenvalue weighted by Crippen LogP contribution is 2.42. The molecule has 9 heteroatoms. The number of aliphatic hydroxyl groups excluding tert-OH is 2. The summed E-state index contributed by atoms with van der Waals surface area (Å²) in [6, 6.07) is 13.9. The molecule has 0 saturated carbocycles. The van der Waals surface area contributed by atoms with Crippen LogP contribution < -0.4 is 14.2 Å². The quantitative estimate of drug-likeness (QED) is 0.0629. The molecule has 0 spiro atoms. The first-order valence-electron chi connectivity index (χ1n) is 30.1. The molecule has 2 aromatic carbocycles. The molecule has 71 heavy (non-hydrogen) atoms. The maximum absolute atomic E-state index is 11.4. The highest BCUT2D eigenvalue weighted by atomic mass is 32.2. The summed E-state index contributed by atoms with van der Waals surface area (Å²) in [6.45, 7) is 9.02. The van der Waals surface area contributed by atoms with Crippen LogP contribution in [0.25, 0.3) is 0 Å². The van der Waals surface area contributed by atoms with Gasteiger partial charge in [0.25, 0.3) is 0 Å². The number of ether oxygens (including phenoxy) is 6. The van der Waals surface area contributed by atoms with Crippen LogP contribution in [0.2, 0.25) is 0 Å². The molecule has 0 aliphatic carbocycles. The van der Waals surface area contributed by atoms with Gasteiger partial charge in [0.15, 0.2) is 17.8 Å². The summed E-state index contributed by atoms with van der Waals surface area (Å²) in [4.78, 5) is 0. The van der Waals surface area contributed by atoms with Gasteiger partial charge in [0.05, 0.1) is 26.4 Å². The number of fused-ring (bicyclic) bond motifs is 1. The van der Waals surface area contributed by atoms with Crippen molar-refractivity contribution in [3.8, 4) is 17.2 Å². The SMILES string of the molecule is CCCCCCCCCCCCCCOc1cc(CS[C@@H]2O[C@@H]3CO[C@@H](c4ccccc4)O[C@H]3[C@H](O)[C@H]2O)cc(OCCCCCCCCCCCCCC)c1OCCCCCCCCCCCCCC. The van der Waals surface area contributed by atoms with Crippen molar-refractivity contribution >= 4 is 11.8 Å². The zero-order valence-corrected chi connectivity index (χ0v) is 46.6. The molecule has 8 nitrogen and oxygen atoms in total. The van der Waals surface area contributed by atoms with E-state index in [-0.39, 0.29) is 6.61 Å². The minimum Gasteiger partial charge on any atom is -0.490 e. The van der Waals surface area contributed by atoms with Crippen molar-refractivity contribution in [3.63, 3.8) is 0 Å². The summed E-state index contributed by atoms with van der Waals surface area (Å²) in [5, 5.41) is 22.8. The molecule has 2 heterocycles. The van der Waals surface area contributed by atoms with E-state index >= 15 is 0 Å². The van der Waals surface area contributed by atoms with Crippen LogP contribution >= 0.6 is 11.8 Å². The van der Waals surface area contributed by atoms with E-state index in [2.05, 4.69) is 32.9 Å². The molecule has 2 aliphatic heterocycles. The van der Waals surface area contributed by atoms with E-state index in [9.17, 15) is 10.2 Å². The Labute approximate surface area is 439 Å². The molecule has 6 atom stereocenters. The van der Waals surface area contributed by atoms with Gasteiger partial charge in [-0.25, -0.2) is 0 Å². The molecule has 0 unspecified atom stereocenters. The maximum atomic E-state index is 11.4. The number of unbranched alkanes of at least 4 members (excludes halogenated alkanes) is 33. The third kappa shape index (κ3) is 26.9. The van der Waals surface area contributed by atoms with Crippen molar-refractivity contribution < 1.29 is 38.6 Å². The van der Waals surface area contributed by atoms with Crippen molar-refractivity contribution in [3.05, 3.63) is 53.6 Å². The van der Waals surface area contributed by atoms with Crippen LogP contribution in [-0.2, 0) is 20.0 Å². The van der Waals surface area contributed by atoms with Gasteiger partial charge in [0, 0.05) is 11.3 Å². The third-order valence-corrected chi connectivity index (χ3v) is 15.9. The van der Waals surface area contributed by atoms with E-state index in [1.165, 1.54) is 204 Å². The van der Waals surface area contributed by atoms with E-state index in [0.717, 1.165) is 66.9 Å². The lowest BCUT2D eigenvalue weighted by molar-refractivity contribution is -0.318. The van der Waals surface area contributed by atoms with Crippen molar-refractivity contribution in [1.29, 1.82) is 0 Å². The van der Waals surface area contributed by atoms with Crippen molar-refractivity contribution in [2.75, 3.05) is 26.4 Å².